The van der Waals surface area contributed by atoms with Crippen LogP contribution >= 0.6 is 0 Å². The van der Waals surface area contributed by atoms with Gasteiger partial charge in [0.25, 0.3) is 0 Å². The Hall–Kier alpha value is -0.520. The summed E-state index contributed by atoms with van der Waals surface area (Å²) >= 11 is 0. The second-order valence-electron chi connectivity index (χ2n) is 6.80. The van der Waals surface area contributed by atoms with E-state index in [9.17, 15) is 0 Å². The minimum atomic E-state index is 0.478. The van der Waals surface area contributed by atoms with Gasteiger partial charge in [-0.2, -0.15) is 0 Å². The maximum atomic E-state index is 2.51. The Kier molecular flexibility index (Phi) is 2.37. The number of rotatable bonds is 0. The number of fused-ring (bicyclic) bond motifs is 1. The van der Waals surface area contributed by atoms with Crippen LogP contribution in [0, 0.1) is 22.7 Å². The number of hydrogen-bond donors (Lipinski definition) is 0. The van der Waals surface area contributed by atoms with Crippen LogP contribution in [0.5, 0.6) is 0 Å². The average Bonchev–Trinajstić information content (AvgIpc) is 2.13. The summed E-state index contributed by atoms with van der Waals surface area (Å²) in [6.45, 7) is 12.0. The molecule has 0 radical (unpaired) electrons. The van der Waals surface area contributed by atoms with Crippen LogP contribution in [-0.2, 0) is 0 Å². The first-order valence-corrected chi connectivity index (χ1v) is 6.20. The lowest BCUT2D eigenvalue weighted by Gasteiger charge is -2.51. The van der Waals surface area contributed by atoms with E-state index < -0.39 is 0 Å². The van der Waals surface area contributed by atoms with E-state index in [0.29, 0.717) is 10.8 Å². The minimum absolute atomic E-state index is 0.478. The summed E-state index contributed by atoms with van der Waals surface area (Å²) in [5.74, 6) is 1.48. The summed E-state index contributed by atoms with van der Waals surface area (Å²) in [6, 6.07) is 0. The van der Waals surface area contributed by atoms with Crippen LogP contribution in [0.1, 0.15) is 47.5 Å². The molecule has 0 heteroatoms. The van der Waals surface area contributed by atoms with Crippen molar-refractivity contribution in [1.82, 2.24) is 0 Å². The van der Waals surface area contributed by atoms with E-state index in [0.717, 1.165) is 11.8 Å². The summed E-state index contributed by atoms with van der Waals surface area (Å²) in [6.07, 6.45) is 9.99. The molecule has 0 amide bonds. The van der Waals surface area contributed by atoms with E-state index in [1.54, 1.807) is 0 Å². The SMILES string of the molecule is CC1=CC2C(C=C1)C(C)(C)CCC2(C)C. The maximum Gasteiger partial charge on any atom is -0.0108 e. The summed E-state index contributed by atoms with van der Waals surface area (Å²) in [4.78, 5) is 0. The molecular weight excluding hydrogens is 180 g/mol. The van der Waals surface area contributed by atoms with Crippen LogP contribution < -0.4 is 0 Å². The summed E-state index contributed by atoms with van der Waals surface area (Å²) in [5.41, 5.74) is 2.40. The molecule has 0 aromatic heterocycles. The van der Waals surface area contributed by atoms with Crippen LogP contribution in [0.2, 0.25) is 0 Å². The molecule has 0 N–H and O–H groups in total. The average molecular weight is 204 g/mol. The van der Waals surface area contributed by atoms with Crippen LogP contribution in [0.3, 0.4) is 0 Å². The van der Waals surface area contributed by atoms with E-state index in [2.05, 4.69) is 52.8 Å². The monoisotopic (exact) mass is 204 g/mol. The van der Waals surface area contributed by atoms with Gasteiger partial charge >= 0.3 is 0 Å². The first-order chi connectivity index (χ1) is 6.83. The highest BCUT2D eigenvalue weighted by Gasteiger charge is 2.46. The molecule has 84 valence electrons. The largest absolute Gasteiger partial charge is 0.0800 e. The van der Waals surface area contributed by atoms with Crippen molar-refractivity contribution in [3.05, 3.63) is 23.8 Å². The third-order valence-corrected chi connectivity index (χ3v) is 4.61. The van der Waals surface area contributed by atoms with Crippen molar-refractivity contribution in [3.8, 4) is 0 Å². The van der Waals surface area contributed by atoms with Crippen molar-refractivity contribution < 1.29 is 0 Å². The predicted octanol–water partition coefficient (Wildman–Crippen LogP) is 4.58. The first-order valence-electron chi connectivity index (χ1n) is 6.20. The van der Waals surface area contributed by atoms with Crippen molar-refractivity contribution in [2.24, 2.45) is 22.7 Å². The van der Waals surface area contributed by atoms with Gasteiger partial charge in [0.2, 0.25) is 0 Å². The Labute approximate surface area is 94.5 Å². The maximum absolute atomic E-state index is 2.51. The molecule has 2 aliphatic rings. The summed E-state index contributed by atoms with van der Waals surface area (Å²) in [7, 11) is 0. The molecule has 15 heavy (non-hydrogen) atoms. The van der Waals surface area contributed by atoms with E-state index in [4.69, 9.17) is 0 Å². The molecule has 2 rings (SSSR count). The lowest BCUT2D eigenvalue weighted by atomic mass is 9.53. The highest BCUT2D eigenvalue weighted by atomic mass is 14.5. The second kappa shape index (κ2) is 3.23. The topological polar surface area (TPSA) is 0 Å². The molecule has 0 spiro atoms. The van der Waals surface area contributed by atoms with Crippen molar-refractivity contribution in [2.45, 2.75) is 47.5 Å². The molecule has 1 saturated carbocycles. The van der Waals surface area contributed by atoms with Gasteiger partial charge in [0.05, 0.1) is 0 Å². The fourth-order valence-electron chi connectivity index (χ4n) is 3.25. The minimum Gasteiger partial charge on any atom is -0.0800 e. The highest BCUT2D eigenvalue weighted by Crippen LogP contribution is 2.54. The van der Waals surface area contributed by atoms with Gasteiger partial charge in [-0.1, -0.05) is 51.5 Å². The molecule has 0 nitrogen and oxygen atoms in total. The zero-order chi connectivity index (χ0) is 11.3. The standard InChI is InChI=1S/C15H24/c1-11-6-7-12-13(10-11)15(4,5)9-8-14(12,2)3/h6-7,10,12-13H,8-9H2,1-5H3. The fourth-order valence-corrected chi connectivity index (χ4v) is 3.25. The zero-order valence-corrected chi connectivity index (χ0v) is 10.8. The quantitative estimate of drug-likeness (QED) is 0.542. The Morgan fingerprint density at radius 3 is 2.13 bits per heavy atom. The molecule has 2 atom stereocenters. The van der Waals surface area contributed by atoms with Gasteiger partial charge in [0, 0.05) is 0 Å². The Balaban J connectivity index is 2.37. The Bertz CT molecular complexity index is 315. The van der Waals surface area contributed by atoms with Gasteiger partial charge in [-0.25, -0.2) is 0 Å². The molecule has 0 saturated heterocycles. The van der Waals surface area contributed by atoms with E-state index in [-0.39, 0.29) is 0 Å². The summed E-state index contributed by atoms with van der Waals surface area (Å²) < 4.78 is 0. The predicted molar refractivity (Wildman–Crippen MR) is 66.7 cm³/mol. The van der Waals surface area contributed by atoms with Crippen molar-refractivity contribution in [2.75, 3.05) is 0 Å². The van der Waals surface area contributed by atoms with Crippen molar-refractivity contribution >= 4 is 0 Å². The number of allylic oxidation sites excluding steroid dienone is 4. The lowest BCUT2D eigenvalue weighted by molar-refractivity contribution is 0.0327. The molecular formula is C15H24. The lowest BCUT2D eigenvalue weighted by Crippen LogP contribution is -2.43. The fraction of sp³-hybridized carbons (Fsp3) is 0.733. The van der Waals surface area contributed by atoms with Gasteiger partial charge in [0.15, 0.2) is 0 Å². The zero-order valence-electron chi connectivity index (χ0n) is 10.8. The first kappa shape index (κ1) is 11.0. The van der Waals surface area contributed by atoms with Crippen LogP contribution in [0.15, 0.2) is 23.8 Å². The second-order valence-corrected chi connectivity index (χ2v) is 6.80. The van der Waals surface area contributed by atoms with Gasteiger partial charge in [-0.15, -0.1) is 0 Å². The normalized spacial score (nSPS) is 37.0. The third-order valence-electron chi connectivity index (χ3n) is 4.61. The van der Waals surface area contributed by atoms with Crippen molar-refractivity contribution in [1.29, 1.82) is 0 Å². The summed E-state index contributed by atoms with van der Waals surface area (Å²) in [5, 5.41) is 0. The molecule has 0 aromatic carbocycles. The molecule has 0 aromatic rings. The molecule has 0 bridgehead atoms. The molecule has 2 unspecified atom stereocenters. The van der Waals surface area contributed by atoms with Gasteiger partial charge in [0.1, 0.15) is 0 Å². The molecule has 0 aliphatic heterocycles. The number of hydrogen-bond acceptors (Lipinski definition) is 0. The van der Waals surface area contributed by atoms with E-state index >= 15 is 0 Å². The van der Waals surface area contributed by atoms with Gasteiger partial charge in [-0.05, 0) is 42.4 Å². The van der Waals surface area contributed by atoms with Crippen LogP contribution in [-0.4, -0.2) is 0 Å². The van der Waals surface area contributed by atoms with Crippen molar-refractivity contribution in [3.63, 3.8) is 0 Å². The highest BCUT2D eigenvalue weighted by molar-refractivity contribution is 5.27. The van der Waals surface area contributed by atoms with E-state index in [1.807, 2.05) is 0 Å². The van der Waals surface area contributed by atoms with Crippen LogP contribution in [0.4, 0.5) is 0 Å². The van der Waals surface area contributed by atoms with Crippen LogP contribution in [0.25, 0.3) is 0 Å². The van der Waals surface area contributed by atoms with E-state index in [1.165, 1.54) is 18.4 Å². The smallest absolute Gasteiger partial charge is 0.0108 e. The Morgan fingerprint density at radius 2 is 1.53 bits per heavy atom. The Morgan fingerprint density at radius 1 is 1.00 bits per heavy atom. The molecule has 1 fully saturated rings. The third kappa shape index (κ3) is 1.79. The molecule has 2 aliphatic carbocycles. The molecule has 0 heterocycles. The van der Waals surface area contributed by atoms with Gasteiger partial charge < -0.3 is 0 Å². The van der Waals surface area contributed by atoms with Gasteiger partial charge in [-0.3, -0.25) is 0 Å².